The molecule has 3 N–H and O–H groups in total. The molecular formula is C17H25N2O2+. The van der Waals surface area contributed by atoms with Gasteiger partial charge in [-0.1, -0.05) is 6.07 Å². The number of esters is 1. The molecule has 2 aliphatic heterocycles. The van der Waals surface area contributed by atoms with Gasteiger partial charge < -0.3 is 15.4 Å². The molecule has 21 heavy (non-hydrogen) atoms. The first-order chi connectivity index (χ1) is 10.2. The normalized spacial score (nSPS) is 28.7. The van der Waals surface area contributed by atoms with Crippen LogP contribution in [0.4, 0.5) is 5.69 Å². The zero-order valence-electron chi connectivity index (χ0n) is 12.5. The lowest BCUT2D eigenvalue weighted by Gasteiger charge is -2.40. The first-order valence-corrected chi connectivity index (χ1v) is 8.11. The fourth-order valence-corrected chi connectivity index (χ4v) is 3.91. The molecule has 3 unspecified atom stereocenters. The number of nitrogen functional groups attached to an aromatic ring is 1. The number of quaternary nitrogens is 1. The molecular weight excluding hydrogens is 264 g/mol. The van der Waals surface area contributed by atoms with E-state index >= 15 is 0 Å². The van der Waals surface area contributed by atoms with E-state index in [1.807, 2.05) is 0 Å². The third-order valence-electron chi connectivity index (χ3n) is 4.98. The van der Waals surface area contributed by atoms with Gasteiger partial charge in [-0.25, -0.2) is 4.79 Å². The Hall–Kier alpha value is -1.55. The lowest BCUT2D eigenvalue weighted by atomic mass is 9.84. The molecule has 0 aliphatic carbocycles. The number of carbonyl (C=O) groups is 1. The summed E-state index contributed by atoms with van der Waals surface area (Å²) in [5, 5.41) is 0. The molecule has 0 spiro atoms. The first-order valence-electron chi connectivity index (χ1n) is 8.11. The molecule has 0 radical (unpaired) electrons. The number of anilines is 1. The standard InChI is InChI=1S/C17H24N2O2/c18-15-7-3-5-13(11-15)17(20)21-12-14-6-4-10-19-9-2-1-8-16(14)19/h3,5,7,11,14,16H,1-2,4,6,8-10,12,18H2/p+1. The number of benzene rings is 1. The minimum absolute atomic E-state index is 0.245. The summed E-state index contributed by atoms with van der Waals surface area (Å²) in [6, 6.07) is 7.71. The highest BCUT2D eigenvalue weighted by atomic mass is 16.5. The second-order valence-corrected chi connectivity index (χ2v) is 6.39. The van der Waals surface area contributed by atoms with Crippen LogP contribution in [-0.2, 0) is 4.74 Å². The monoisotopic (exact) mass is 289 g/mol. The summed E-state index contributed by atoms with van der Waals surface area (Å²) in [5.74, 6) is 0.282. The van der Waals surface area contributed by atoms with E-state index in [9.17, 15) is 4.79 Å². The number of rotatable bonds is 3. The minimum atomic E-state index is -0.245. The van der Waals surface area contributed by atoms with Gasteiger partial charge in [0.1, 0.15) is 6.61 Å². The summed E-state index contributed by atoms with van der Waals surface area (Å²) in [5.41, 5.74) is 6.87. The molecule has 4 heteroatoms. The van der Waals surface area contributed by atoms with Gasteiger partial charge in [0.25, 0.3) is 0 Å². The van der Waals surface area contributed by atoms with Crippen molar-refractivity contribution < 1.29 is 14.4 Å². The van der Waals surface area contributed by atoms with Crippen LogP contribution in [0, 0.1) is 5.92 Å². The number of nitrogens with two attached hydrogens (primary N) is 1. The van der Waals surface area contributed by atoms with Crippen molar-refractivity contribution in [3.63, 3.8) is 0 Å². The summed E-state index contributed by atoms with van der Waals surface area (Å²) in [6.07, 6.45) is 6.41. The molecule has 3 rings (SSSR count). The predicted molar refractivity (Wildman–Crippen MR) is 82.2 cm³/mol. The molecule has 0 bridgehead atoms. The third kappa shape index (κ3) is 3.38. The third-order valence-corrected chi connectivity index (χ3v) is 4.98. The Morgan fingerprint density at radius 2 is 2.10 bits per heavy atom. The Kier molecular flexibility index (Phi) is 4.44. The molecule has 2 aliphatic rings. The highest BCUT2D eigenvalue weighted by molar-refractivity contribution is 5.90. The van der Waals surface area contributed by atoms with Crippen LogP contribution in [0.5, 0.6) is 0 Å². The van der Waals surface area contributed by atoms with Crippen molar-refractivity contribution in [2.45, 2.75) is 38.1 Å². The summed E-state index contributed by atoms with van der Waals surface area (Å²) >= 11 is 0. The summed E-state index contributed by atoms with van der Waals surface area (Å²) in [6.45, 7) is 3.15. The molecule has 3 atom stereocenters. The van der Waals surface area contributed by atoms with Crippen LogP contribution < -0.4 is 10.6 Å². The van der Waals surface area contributed by atoms with Crippen LogP contribution in [-0.4, -0.2) is 31.7 Å². The maximum atomic E-state index is 12.1. The zero-order valence-corrected chi connectivity index (χ0v) is 12.5. The van der Waals surface area contributed by atoms with Crippen molar-refractivity contribution in [3.8, 4) is 0 Å². The number of hydrogen-bond acceptors (Lipinski definition) is 3. The lowest BCUT2D eigenvalue weighted by Crippen LogP contribution is -3.18. The average molecular weight is 289 g/mol. The van der Waals surface area contributed by atoms with E-state index in [2.05, 4.69) is 0 Å². The molecule has 0 amide bonds. The van der Waals surface area contributed by atoms with E-state index in [0.717, 1.165) is 0 Å². The van der Waals surface area contributed by atoms with Gasteiger partial charge in [0.2, 0.25) is 0 Å². The quantitative estimate of drug-likeness (QED) is 0.651. The van der Waals surface area contributed by atoms with E-state index in [-0.39, 0.29) is 5.97 Å². The molecule has 1 aromatic rings. The Morgan fingerprint density at radius 1 is 1.24 bits per heavy atom. The maximum absolute atomic E-state index is 12.1. The van der Waals surface area contributed by atoms with Crippen LogP contribution in [0.1, 0.15) is 42.5 Å². The topological polar surface area (TPSA) is 56.8 Å². The van der Waals surface area contributed by atoms with Gasteiger partial charge in [-0.2, -0.15) is 0 Å². The van der Waals surface area contributed by atoms with E-state index in [0.29, 0.717) is 29.8 Å². The van der Waals surface area contributed by atoms with Crippen molar-refractivity contribution in [1.29, 1.82) is 0 Å². The Labute approximate surface area is 126 Å². The summed E-state index contributed by atoms with van der Waals surface area (Å²) < 4.78 is 5.56. The van der Waals surface area contributed by atoms with Gasteiger partial charge in [0.05, 0.1) is 24.7 Å². The SMILES string of the molecule is Nc1cccc(C(=O)OCC2CCC[NH+]3CCCCC23)c1. The maximum Gasteiger partial charge on any atom is 0.338 e. The molecule has 2 heterocycles. The first kappa shape index (κ1) is 14.4. The van der Waals surface area contributed by atoms with Crippen molar-refractivity contribution in [2.24, 2.45) is 5.92 Å². The largest absolute Gasteiger partial charge is 0.462 e. The van der Waals surface area contributed by atoms with Crippen LogP contribution in [0.25, 0.3) is 0 Å². The molecule has 2 saturated heterocycles. The molecule has 114 valence electrons. The van der Waals surface area contributed by atoms with Gasteiger partial charge in [-0.3, -0.25) is 0 Å². The summed E-state index contributed by atoms with van der Waals surface area (Å²) in [7, 11) is 0. The zero-order chi connectivity index (χ0) is 14.7. The van der Waals surface area contributed by atoms with E-state index < -0.39 is 0 Å². The number of nitrogens with one attached hydrogen (secondary N) is 1. The number of carbonyl (C=O) groups excluding carboxylic acids is 1. The molecule has 2 fully saturated rings. The summed E-state index contributed by atoms with van der Waals surface area (Å²) in [4.78, 5) is 13.8. The molecule has 4 nitrogen and oxygen atoms in total. The lowest BCUT2D eigenvalue weighted by molar-refractivity contribution is -0.940. The van der Waals surface area contributed by atoms with E-state index in [4.69, 9.17) is 10.5 Å². The van der Waals surface area contributed by atoms with Crippen molar-refractivity contribution in [3.05, 3.63) is 29.8 Å². The van der Waals surface area contributed by atoms with Gasteiger partial charge >= 0.3 is 5.97 Å². The second-order valence-electron chi connectivity index (χ2n) is 6.39. The number of fused-ring (bicyclic) bond motifs is 1. The van der Waals surface area contributed by atoms with Crippen LogP contribution in [0.2, 0.25) is 0 Å². The fraction of sp³-hybridized carbons (Fsp3) is 0.588. The number of hydrogen-bond donors (Lipinski definition) is 2. The predicted octanol–water partition coefficient (Wildman–Crippen LogP) is 1.27. The van der Waals surface area contributed by atoms with Crippen molar-refractivity contribution in [1.82, 2.24) is 0 Å². The second kappa shape index (κ2) is 6.48. The highest BCUT2D eigenvalue weighted by Gasteiger charge is 2.37. The minimum Gasteiger partial charge on any atom is -0.462 e. The Bertz CT molecular complexity index is 501. The van der Waals surface area contributed by atoms with Gasteiger partial charge in [0.15, 0.2) is 0 Å². The molecule has 0 aromatic heterocycles. The fourth-order valence-electron chi connectivity index (χ4n) is 3.91. The van der Waals surface area contributed by atoms with Gasteiger partial charge in [-0.05, 0) is 50.3 Å². The van der Waals surface area contributed by atoms with Crippen molar-refractivity contribution in [2.75, 3.05) is 25.4 Å². The van der Waals surface area contributed by atoms with Crippen LogP contribution in [0.3, 0.4) is 0 Å². The molecule has 1 aromatic carbocycles. The average Bonchev–Trinajstić information content (AvgIpc) is 2.52. The Morgan fingerprint density at radius 3 is 2.95 bits per heavy atom. The van der Waals surface area contributed by atoms with Gasteiger partial charge in [0, 0.05) is 11.6 Å². The highest BCUT2D eigenvalue weighted by Crippen LogP contribution is 2.21. The number of piperidine rings is 2. The van der Waals surface area contributed by atoms with E-state index in [1.54, 1.807) is 29.2 Å². The number of ether oxygens (including phenoxy) is 1. The van der Waals surface area contributed by atoms with Crippen molar-refractivity contribution >= 4 is 11.7 Å². The Balaban J connectivity index is 1.57. The van der Waals surface area contributed by atoms with Crippen LogP contribution >= 0.6 is 0 Å². The van der Waals surface area contributed by atoms with Crippen LogP contribution in [0.15, 0.2) is 24.3 Å². The smallest absolute Gasteiger partial charge is 0.338 e. The molecule has 0 saturated carbocycles. The van der Waals surface area contributed by atoms with Gasteiger partial charge in [-0.15, -0.1) is 0 Å². The van der Waals surface area contributed by atoms with E-state index in [1.165, 1.54) is 45.2 Å².